The van der Waals surface area contributed by atoms with E-state index < -0.39 is 0 Å². The van der Waals surface area contributed by atoms with Crippen LogP contribution in [0, 0.1) is 0 Å². The van der Waals surface area contributed by atoms with Crippen LogP contribution in [-0.2, 0) is 19.5 Å². The molecule has 0 saturated heterocycles. The summed E-state index contributed by atoms with van der Waals surface area (Å²) in [7, 11) is 4.09. The van der Waals surface area contributed by atoms with E-state index in [1.165, 1.54) is 17.0 Å². The van der Waals surface area contributed by atoms with E-state index >= 15 is 0 Å². The van der Waals surface area contributed by atoms with Crippen LogP contribution in [0.1, 0.15) is 17.0 Å². The summed E-state index contributed by atoms with van der Waals surface area (Å²) >= 11 is 0. The highest BCUT2D eigenvalue weighted by Gasteiger charge is 2.18. The van der Waals surface area contributed by atoms with Gasteiger partial charge in [-0.3, -0.25) is 5.10 Å². The summed E-state index contributed by atoms with van der Waals surface area (Å²) in [6.45, 7) is 3.02. The number of nitrogens with one attached hydrogen (secondary N) is 2. The normalized spacial score (nSPS) is 17.4. The molecule has 4 nitrogen and oxygen atoms in total. The van der Waals surface area contributed by atoms with Crippen molar-refractivity contribution in [2.45, 2.75) is 19.5 Å². The molecule has 2 N–H and O–H groups in total. The highest BCUT2D eigenvalue weighted by atomic mass is 15.2. The molecule has 0 unspecified atom stereocenters. The predicted octanol–water partition coefficient (Wildman–Crippen LogP) is 0.117. The predicted molar refractivity (Wildman–Crippen MR) is 51.4 cm³/mol. The minimum Gasteiger partial charge on any atom is -0.314 e. The Morgan fingerprint density at radius 1 is 1.62 bits per heavy atom. The summed E-state index contributed by atoms with van der Waals surface area (Å²) in [4.78, 5) is 2.31. The fourth-order valence-electron chi connectivity index (χ4n) is 1.84. The quantitative estimate of drug-likeness (QED) is 0.679. The first-order chi connectivity index (χ1) is 6.31. The monoisotopic (exact) mass is 180 g/mol. The largest absolute Gasteiger partial charge is 0.314 e. The third-order valence-electron chi connectivity index (χ3n) is 2.55. The van der Waals surface area contributed by atoms with E-state index in [0.29, 0.717) is 0 Å². The second kappa shape index (κ2) is 3.47. The van der Waals surface area contributed by atoms with Gasteiger partial charge in [-0.05, 0) is 20.5 Å². The van der Waals surface area contributed by atoms with Crippen LogP contribution < -0.4 is 5.32 Å². The van der Waals surface area contributed by atoms with E-state index in [-0.39, 0.29) is 0 Å². The van der Waals surface area contributed by atoms with Crippen molar-refractivity contribution in [2.24, 2.45) is 0 Å². The zero-order chi connectivity index (χ0) is 9.26. The van der Waals surface area contributed by atoms with Crippen LogP contribution in [0.25, 0.3) is 0 Å². The number of H-pyrrole nitrogens is 1. The minimum atomic E-state index is 0.871. The summed E-state index contributed by atoms with van der Waals surface area (Å²) in [5.41, 5.74) is 3.90. The second-order valence-corrected chi connectivity index (χ2v) is 3.65. The molecular weight excluding hydrogens is 164 g/mol. The molecule has 0 saturated carbocycles. The van der Waals surface area contributed by atoms with Crippen molar-refractivity contribution >= 4 is 0 Å². The minimum absolute atomic E-state index is 0.871. The number of rotatable bonds is 2. The first-order valence-electron chi connectivity index (χ1n) is 4.69. The first-order valence-corrected chi connectivity index (χ1v) is 4.69. The van der Waals surface area contributed by atoms with Gasteiger partial charge in [-0.2, -0.15) is 5.10 Å². The van der Waals surface area contributed by atoms with Gasteiger partial charge in [0.25, 0.3) is 0 Å². The van der Waals surface area contributed by atoms with Gasteiger partial charge in [0, 0.05) is 25.2 Å². The maximum absolute atomic E-state index is 4.31. The van der Waals surface area contributed by atoms with Crippen LogP contribution in [0.5, 0.6) is 0 Å². The van der Waals surface area contributed by atoms with E-state index in [1.807, 2.05) is 7.05 Å². The van der Waals surface area contributed by atoms with Crippen LogP contribution in [0.2, 0.25) is 0 Å². The molecule has 0 atom stereocenters. The van der Waals surface area contributed by atoms with Crippen LogP contribution in [0.3, 0.4) is 0 Å². The van der Waals surface area contributed by atoms with Gasteiger partial charge in [-0.15, -0.1) is 0 Å². The molecule has 4 heteroatoms. The van der Waals surface area contributed by atoms with E-state index in [9.17, 15) is 0 Å². The molecule has 1 aliphatic rings. The molecule has 0 aromatic carbocycles. The summed E-state index contributed by atoms with van der Waals surface area (Å²) in [5, 5.41) is 10.6. The second-order valence-electron chi connectivity index (χ2n) is 3.65. The number of likely N-dealkylation sites (N-methyl/N-ethyl adjacent to an activating group) is 1. The molecule has 2 heterocycles. The van der Waals surface area contributed by atoms with Crippen molar-refractivity contribution in [3.8, 4) is 0 Å². The summed E-state index contributed by atoms with van der Waals surface area (Å²) in [5.74, 6) is 0. The van der Waals surface area contributed by atoms with E-state index in [1.54, 1.807) is 0 Å². The lowest BCUT2D eigenvalue weighted by Crippen LogP contribution is -2.26. The van der Waals surface area contributed by atoms with Crippen molar-refractivity contribution in [1.82, 2.24) is 20.4 Å². The fraction of sp³-hybridized carbons (Fsp3) is 0.667. The molecule has 0 spiro atoms. The molecule has 0 radical (unpaired) electrons. The molecule has 0 aliphatic carbocycles. The molecule has 2 rings (SSSR count). The molecule has 72 valence electrons. The highest BCUT2D eigenvalue weighted by molar-refractivity contribution is 5.27. The van der Waals surface area contributed by atoms with Crippen molar-refractivity contribution in [3.63, 3.8) is 0 Å². The van der Waals surface area contributed by atoms with Gasteiger partial charge >= 0.3 is 0 Å². The Labute approximate surface area is 78.3 Å². The van der Waals surface area contributed by atoms with Crippen LogP contribution in [-0.4, -0.2) is 35.7 Å². The van der Waals surface area contributed by atoms with Crippen LogP contribution >= 0.6 is 0 Å². The van der Waals surface area contributed by atoms with Crippen molar-refractivity contribution in [3.05, 3.63) is 17.0 Å². The number of nitrogens with zero attached hydrogens (tertiary/aromatic N) is 2. The lowest BCUT2D eigenvalue weighted by atomic mass is 10.1. The van der Waals surface area contributed by atoms with Gasteiger partial charge in [0.2, 0.25) is 0 Å². The van der Waals surface area contributed by atoms with Crippen LogP contribution in [0.4, 0.5) is 0 Å². The molecule has 0 amide bonds. The van der Waals surface area contributed by atoms with Crippen molar-refractivity contribution in [1.29, 1.82) is 0 Å². The summed E-state index contributed by atoms with van der Waals surface area (Å²) in [6, 6.07) is 0. The van der Waals surface area contributed by atoms with Gasteiger partial charge < -0.3 is 10.2 Å². The molecular formula is C9H16N4. The maximum atomic E-state index is 4.31. The number of aromatic nitrogens is 2. The van der Waals surface area contributed by atoms with Gasteiger partial charge in [0.1, 0.15) is 0 Å². The molecule has 0 bridgehead atoms. The lowest BCUT2D eigenvalue weighted by molar-refractivity contribution is 0.308. The average molecular weight is 180 g/mol. The van der Waals surface area contributed by atoms with Gasteiger partial charge in [0.15, 0.2) is 0 Å². The first kappa shape index (κ1) is 8.72. The molecule has 1 aromatic heterocycles. The van der Waals surface area contributed by atoms with E-state index in [0.717, 1.165) is 26.1 Å². The molecule has 0 fully saturated rings. The fourth-order valence-corrected chi connectivity index (χ4v) is 1.84. The topological polar surface area (TPSA) is 44.0 Å². The summed E-state index contributed by atoms with van der Waals surface area (Å²) < 4.78 is 0. The zero-order valence-electron chi connectivity index (χ0n) is 8.22. The van der Waals surface area contributed by atoms with Crippen molar-refractivity contribution in [2.75, 3.05) is 20.6 Å². The van der Waals surface area contributed by atoms with Crippen molar-refractivity contribution < 1.29 is 0 Å². The van der Waals surface area contributed by atoms with Gasteiger partial charge in [-0.1, -0.05) is 0 Å². The highest BCUT2D eigenvalue weighted by Crippen LogP contribution is 2.18. The smallest absolute Gasteiger partial charge is 0.0795 e. The Hall–Kier alpha value is -0.870. The molecule has 13 heavy (non-hydrogen) atoms. The zero-order valence-corrected chi connectivity index (χ0v) is 8.22. The third kappa shape index (κ3) is 1.59. The van der Waals surface area contributed by atoms with Gasteiger partial charge in [0.05, 0.1) is 11.4 Å². The molecule has 1 aromatic rings. The Morgan fingerprint density at radius 2 is 2.46 bits per heavy atom. The Morgan fingerprint density at radius 3 is 3.23 bits per heavy atom. The summed E-state index contributed by atoms with van der Waals surface area (Å²) in [6.07, 6.45) is 1.12. The lowest BCUT2D eigenvalue weighted by Gasteiger charge is -2.21. The van der Waals surface area contributed by atoms with E-state index in [4.69, 9.17) is 0 Å². The molecule has 1 aliphatic heterocycles. The number of hydrogen-bond acceptors (Lipinski definition) is 3. The van der Waals surface area contributed by atoms with Gasteiger partial charge in [-0.25, -0.2) is 0 Å². The Balaban J connectivity index is 2.23. The standard InChI is InChI=1S/C9H16N4/c1-10-5-8-7-3-4-13(2)6-9(7)12-11-8/h10H,3-6H2,1-2H3,(H,11,12). The van der Waals surface area contributed by atoms with Crippen LogP contribution in [0.15, 0.2) is 0 Å². The van der Waals surface area contributed by atoms with E-state index in [2.05, 4.69) is 27.5 Å². The Kier molecular flexibility index (Phi) is 2.33. The number of fused-ring (bicyclic) bond motifs is 1. The maximum Gasteiger partial charge on any atom is 0.0795 e. The SMILES string of the molecule is CNCc1n[nH]c2c1CCN(C)C2. The number of aromatic amines is 1. The average Bonchev–Trinajstić information content (AvgIpc) is 2.49. The Bertz CT molecular complexity index is 278. The number of hydrogen-bond donors (Lipinski definition) is 2. The third-order valence-corrected chi connectivity index (χ3v) is 2.55.